The minimum absolute atomic E-state index is 0.0475. The molecule has 0 fully saturated rings. The summed E-state index contributed by atoms with van der Waals surface area (Å²) in [6, 6.07) is 5.83. The molecule has 4 heteroatoms. The quantitative estimate of drug-likeness (QED) is 0.924. The fraction of sp³-hybridized carbons (Fsp3) is 0.357. The standard InChI is InChI=1S/C14H17ClN2S/c1-8-11(5-4-6-12(8)15)13(16)7-14-17-9(2)10(3)18-14/h4-6,13H,7,16H2,1-3H3. The fourth-order valence-corrected chi connectivity index (χ4v) is 3.12. The number of thiazole rings is 1. The molecule has 1 heterocycles. The highest BCUT2D eigenvalue weighted by molar-refractivity contribution is 7.11. The molecular weight excluding hydrogens is 264 g/mol. The third-order valence-corrected chi connectivity index (χ3v) is 4.68. The molecule has 1 atom stereocenters. The van der Waals surface area contributed by atoms with Crippen molar-refractivity contribution in [3.05, 3.63) is 49.9 Å². The first kappa shape index (κ1) is 13.5. The van der Waals surface area contributed by atoms with E-state index in [0.717, 1.165) is 33.3 Å². The maximum Gasteiger partial charge on any atom is 0.0949 e. The average molecular weight is 281 g/mol. The van der Waals surface area contributed by atoms with Crippen LogP contribution in [0, 0.1) is 20.8 Å². The summed E-state index contributed by atoms with van der Waals surface area (Å²) < 4.78 is 0. The van der Waals surface area contributed by atoms with Crippen LogP contribution in [0.2, 0.25) is 5.02 Å². The highest BCUT2D eigenvalue weighted by Gasteiger charge is 2.14. The number of aryl methyl sites for hydroxylation is 2. The molecule has 0 aliphatic heterocycles. The van der Waals surface area contributed by atoms with Gasteiger partial charge in [-0.3, -0.25) is 0 Å². The monoisotopic (exact) mass is 280 g/mol. The highest BCUT2D eigenvalue weighted by Crippen LogP contribution is 2.27. The van der Waals surface area contributed by atoms with Gasteiger partial charge >= 0.3 is 0 Å². The van der Waals surface area contributed by atoms with Crippen LogP contribution in [0.4, 0.5) is 0 Å². The van der Waals surface area contributed by atoms with Crippen LogP contribution in [-0.4, -0.2) is 4.98 Å². The molecule has 2 N–H and O–H groups in total. The summed E-state index contributed by atoms with van der Waals surface area (Å²) in [4.78, 5) is 5.80. The number of benzene rings is 1. The largest absolute Gasteiger partial charge is 0.324 e. The number of aromatic nitrogens is 1. The summed E-state index contributed by atoms with van der Waals surface area (Å²) in [6.07, 6.45) is 0.764. The molecule has 0 amide bonds. The Hall–Kier alpha value is -0.900. The van der Waals surface area contributed by atoms with Crippen LogP contribution in [0.5, 0.6) is 0 Å². The minimum Gasteiger partial charge on any atom is -0.324 e. The predicted molar refractivity (Wildman–Crippen MR) is 78.4 cm³/mol. The van der Waals surface area contributed by atoms with E-state index in [1.807, 2.05) is 32.0 Å². The van der Waals surface area contributed by atoms with Gasteiger partial charge < -0.3 is 5.73 Å². The van der Waals surface area contributed by atoms with Crippen molar-refractivity contribution in [1.82, 2.24) is 4.98 Å². The van der Waals surface area contributed by atoms with Gasteiger partial charge in [0.2, 0.25) is 0 Å². The van der Waals surface area contributed by atoms with Crippen LogP contribution in [-0.2, 0) is 6.42 Å². The summed E-state index contributed by atoms with van der Waals surface area (Å²) >= 11 is 7.84. The zero-order valence-electron chi connectivity index (χ0n) is 10.8. The van der Waals surface area contributed by atoms with Crippen molar-refractivity contribution in [2.45, 2.75) is 33.2 Å². The Morgan fingerprint density at radius 3 is 2.67 bits per heavy atom. The molecule has 0 radical (unpaired) electrons. The first-order valence-electron chi connectivity index (χ1n) is 5.92. The molecule has 18 heavy (non-hydrogen) atoms. The summed E-state index contributed by atoms with van der Waals surface area (Å²) in [6.45, 7) is 6.13. The van der Waals surface area contributed by atoms with Crippen LogP contribution in [0.25, 0.3) is 0 Å². The molecule has 2 aromatic rings. The van der Waals surface area contributed by atoms with Gasteiger partial charge in [-0.25, -0.2) is 4.98 Å². The molecule has 2 nitrogen and oxygen atoms in total. The van der Waals surface area contributed by atoms with E-state index in [0.29, 0.717) is 0 Å². The summed E-state index contributed by atoms with van der Waals surface area (Å²) in [5, 5.41) is 1.87. The van der Waals surface area contributed by atoms with Crippen LogP contribution in [0.1, 0.15) is 32.7 Å². The lowest BCUT2D eigenvalue weighted by molar-refractivity contribution is 0.711. The molecule has 0 spiro atoms. The van der Waals surface area contributed by atoms with E-state index in [9.17, 15) is 0 Å². The molecular formula is C14H17ClN2S. The maximum atomic E-state index is 6.26. The van der Waals surface area contributed by atoms with E-state index >= 15 is 0 Å². The van der Waals surface area contributed by atoms with Crippen molar-refractivity contribution in [3.63, 3.8) is 0 Å². The van der Waals surface area contributed by atoms with Gasteiger partial charge in [0.05, 0.1) is 10.7 Å². The predicted octanol–water partition coefficient (Wildman–Crippen LogP) is 3.96. The van der Waals surface area contributed by atoms with Gasteiger partial charge in [0.1, 0.15) is 0 Å². The number of nitrogens with two attached hydrogens (primary N) is 1. The average Bonchev–Trinajstić information content (AvgIpc) is 2.61. The lowest BCUT2D eigenvalue weighted by atomic mass is 10.00. The summed E-state index contributed by atoms with van der Waals surface area (Å²) in [7, 11) is 0. The van der Waals surface area contributed by atoms with E-state index in [1.54, 1.807) is 11.3 Å². The zero-order chi connectivity index (χ0) is 13.3. The van der Waals surface area contributed by atoms with Gasteiger partial charge in [-0.05, 0) is 38.0 Å². The Labute approximate surface area is 117 Å². The molecule has 2 rings (SSSR count). The van der Waals surface area contributed by atoms with Gasteiger partial charge in [0.25, 0.3) is 0 Å². The van der Waals surface area contributed by atoms with Crippen molar-refractivity contribution >= 4 is 22.9 Å². The van der Waals surface area contributed by atoms with Crippen molar-refractivity contribution in [2.24, 2.45) is 5.73 Å². The van der Waals surface area contributed by atoms with Crippen LogP contribution >= 0.6 is 22.9 Å². The van der Waals surface area contributed by atoms with Gasteiger partial charge in [0, 0.05) is 22.4 Å². The molecule has 0 bridgehead atoms. The molecule has 0 saturated heterocycles. The molecule has 0 aliphatic carbocycles. The van der Waals surface area contributed by atoms with E-state index in [1.165, 1.54) is 4.88 Å². The second-order valence-electron chi connectivity index (χ2n) is 4.51. The Balaban J connectivity index is 2.21. The second kappa shape index (κ2) is 5.39. The SMILES string of the molecule is Cc1nc(CC(N)c2cccc(Cl)c2C)sc1C. The first-order chi connectivity index (χ1) is 8.49. The Morgan fingerprint density at radius 2 is 2.06 bits per heavy atom. The number of hydrogen-bond acceptors (Lipinski definition) is 3. The van der Waals surface area contributed by atoms with E-state index in [4.69, 9.17) is 17.3 Å². The van der Waals surface area contributed by atoms with Gasteiger partial charge in [-0.1, -0.05) is 23.7 Å². The fourth-order valence-electron chi connectivity index (χ4n) is 1.95. The van der Waals surface area contributed by atoms with E-state index in [-0.39, 0.29) is 6.04 Å². The highest BCUT2D eigenvalue weighted by atomic mass is 35.5. The second-order valence-corrected chi connectivity index (χ2v) is 6.21. The van der Waals surface area contributed by atoms with E-state index < -0.39 is 0 Å². The van der Waals surface area contributed by atoms with Crippen molar-refractivity contribution < 1.29 is 0 Å². The number of hydrogen-bond donors (Lipinski definition) is 1. The Morgan fingerprint density at radius 1 is 1.33 bits per heavy atom. The molecule has 1 aromatic carbocycles. The topological polar surface area (TPSA) is 38.9 Å². The minimum atomic E-state index is -0.0475. The number of rotatable bonds is 3. The third-order valence-electron chi connectivity index (χ3n) is 3.18. The molecule has 1 aromatic heterocycles. The Bertz CT molecular complexity index is 543. The van der Waals surface area contributed by atoms with Gasteiger partial charge in [-0.15, -0.1) is 11.3 Å². The molecule has 1 unspecified atom stereocenters. The summed E-state index contributed by atoms with van der Waals surface area (Å²) in [5.74, 6) is 0. The Kier molecular flexibility index (Phi) is 4.05. The smallest absolute Gasteiger partial charge is 0.0949 e. The van der Waals surface area contributed by atoms with Crippen LogP contribution in [0.3, 0.4) is 0 Å². The normalized spacial score (nSPS) is 12.7. The third kappa shape index (κ3) is 2.74. The van der Waals surface area contributed by atoms with Gasteiger partial charge in [-0.2, -0.15) is 0 Å². The lowest BCUT2D eigenvalue weighted by Gasteiger charge is -2.14. The van der Waals surface area contributed by atoms with Crippen LogP contribution < -0.4 is 5.73 Å². The van der Waals surface area contributed by atoms with Crippen molar-refractivity contribution in [1.29, 1.82) is 0 Å². The van der Waals surface area contributed by atoms with Crippen LogP contribution in [0.15, 0.2) is 18.2 Å². The lowest BCUT2D eigenvalue weighted by Crippen LogP contribution is -2.14. The molecule has 0 saturated carbocycles. The first-order valence-corrected chi connectivity index (χ1v) is 7.12. The molecule has 0 aliphatic rings. The molecule has 96 valence electrons. The van der Waals surface area contributed by atoms with Crippen molar-refractivity contribution in [3.8, 4) is 0 Å². The van der Waals surface area contributed by atoms with E-state index in [2.05, 4.69) is 11.9 Å². The zero-order valence-corrected chi connectivity index (χ0v) is 12.4. The van der Waals surface area contributed by atoms with Gasteiger partial charge in [0.15, 0.2) is 0 Å². The maximum absolute atomic E-state index is 6.26. The summed E-state index contributed by atoms with van der Waals surface area (Å²) in [5.41, 5.74) is 9.54. The van der Waals surface area contributed by atoms with Crippen molar-refractivity contribution in [2.75, 3.05) is 0 Å². The number of halogens is 1. The number of nitrogens with zero attached hydrogens (tertiary/aromatic N) is 1.